The van der Waals surface area contributed by atoms with E-state index in [1.54, 1.807) is 6.07 Å². The van der Waals surface area contributed by atoms with Crippen molar-refractivity contribution in [2.24, 2.45) is 5.92 Å². The van der Waals surface area contributed by atoms with Crippen LogP contribution in [-0.4, -0.2) is 30.6 Å². The Morgan fingerprint density at radius 2 is 2.22 bits per heavy atom. The van der Waals surface area contributed by atoms with E-state index in [2.05, 4.69) is 13.8 Å². The van der Waals surface area contributed by atoms with Crippen molar-refractivity contribution in [3.8, 4) is 0 Å². The molecule has 0 bridgehead atoms. The molecule has 2 N–H and O–H groups in total. The number of amides is 1. The lowest BCUT2D eigenvalue weighted by atomic mass is 10.1. The van der Waals surface area contributed by atoms with Crippen LogP contribution in [0.25, 0.3) is 0 Å². The molecular formula is C14H20N2O2. The molecule has 0 saturated heterocycles. The number of hydrogen-bond donors (Lipinski definition) is 1. The van der Waals surface area contributed by atoms with Crippen LogP contribution in [0.5, 0.6) is 0 Å². The van der Waals surface area contributed by atoms with Crippen molar-refractivity contribution in [1.29, 1.82) is 0 Å². The second-order valence-corrected chi connectivity index (χ2v) is 5.11. The van der Waals surface area contributed by atoms with Crippen LogP contribution in [0.4, 0.5) is 5.69 Å². The molecule has 4 nitrogen and oxygen atoms in total. The highest BCUT2D eigenvalue weighted by Gasteiger charge is 2.26. The van der Waals surface area contributed by atoms with Crippen LogP contribution in [0.1, 0.15) is 29.8 Å². The predicted octanol–water partition coefficient (Wildman–Crippen LogP) is 1.90. The normalized spacial score (nSPS) is 14.4. The molecule has 0 saturated carbocycles. The molecule has 1 aliphatic heterocycles. The number of carbonyl (C=O) groups excluding carboxylic acids is 1. The molecule has 0 radical (unpaired) electrons. The maximum absolute atomic E-state index is 12.1. The van der Waals surface area contributed by atoms with Gasteiger partial charge in [-0.15, -0.1) is 0 Å². The van der Waals surface area contributed by atoms with Crippen molar-refractivity contribution in [2.75, 3.05) is 25.5 Å². The van der Waals surface area contributed by atoms with Gasteiger partial charge in [0.2, 0.25) is 0 Å². The third kappa shape index (κ3) is 2.82. The van der Waals surface area contributed by atoms with Crippen LogP contribution in [-0.2, 0) is 11.3 Å². The number of benzene rings is 1. The number of rotatable bonds is 5. The van der Waals surface area contributed by atoms with Gasteiger partial charge in [0.05, 0.1) is 6.61 Å². The summed E-state index contributed by atoms with van der Waals surface area (Å²) >= 11 is 0. The Labute approximate surface area is 108 Å². The fraction of sp³-hybridized carbons (Fsp3) is 0.500. The monoisotopic (exact) mass is 248 g/mol. The second-order valence-electron chi connectivity index (χ2n) is 5.11. The van der Waals surface area contributed by atoms with Crippen LogP contribution in [0, 0.1) is 5.92 Å². The molecule has 2 rings (SSSR count). The quantitative estimate of drug-likeness (QED) is 0.639. The van der Waals surface area contributed by atoms with E-state index >= 15 is 0 Å². The Hall–Kier alpha value is -1.55. The molecule has 4 heteroatoms. The van der Waals surface area contributed by atoms with Crippen LogP contribution >= 0.6 is 0 Å². The van der Waals surface area contributed by atoms with Gasteiger partial charge in [0, 0.05) is 30.9 Å². The average molecular weight is 248 g/mol. The van der Waals surface area contributed by atoms with Gasteiger partial charge < -0.3 is 15.4 Å². The number of nitrogen functional groups attached to an aromatic ring is 1. The summed E-state index contributed by atoms with van der Waals surface area (Å²) in [7, 11) is 0. The first-order valence-corrected chi connectivity index (χ1v) is 6.33. The highest BCUT2D eigenvalue weighted by Crippen LogP contribution is 2.24. The molecule has 18 heavy (non-hydrogen) atoms. The van der Waals surface area contributed by atoms with Gasteiger partial charge in [0.1, 0.15) is 0 Å². The average Bonchev–Trinajstić information content (AvgIpc) is 2.62. The molecule has 1 aromatic carbocycles. The van der Waals surface area contributed by atoms with Gasteiger partial charge in [0.25, 0.3) is 5.91 Å². The zero-order valence-electron chi connectivity index (χ0n) is 11.0. The fourth-order valence-corrected chi connectivity index (χ4v) is 2.05. The van der Waals surface area contributed by atoms with Gasteiger partial charge in [-0.25, -0.2) is 0 Å². The first kappa shape index (κ1) is 12.9. The van der Waals surface area contributed by atoms with E-state index in [9.17, 15) is 4.79 Å². The van der Waals surface area contributed by atoms with Crippen LogP contribution < -0.4 is 5.73 Å². The summed E-state index contributed by atoms with van der Waals surface area (Å²) in [5.74, 6) is 0.585. The standard InChI is InChI=1S/C14H20N2O2/c1-10(2)9-18-6-5-16-8-11-3-4-12(15)7-13(11)14(16)17/h3-4,7,10H,5-6,8-9,15H2,1-2H3. The highest BCUT2D eigenvalue weighted by atomic mass is 16.5. The summed E-state index contributed by atoms with van der Waals surface area (Å²) < 4.78 is 5.51. The lowest BCUT2D eigenvalue weighted by molar-refractivity contribution is 0.0621. The number of ether oxygens (including phenoxy) is 1. The van der Waals surface area contributed by atoms with E-state index in [1.165, 1.54) is 0 Å². The number of fused-ring (bicyclic) bond motifs is 1. The maximum Gasteiger partial charge on any atom is 0.254 e. The molecule has 0 unspecified atom stereocenters. The number of nitrogens with zero attached hydrogens (tertiary/aromatic N) is 1. The Bertz CT molecular complexity index is 443. The summed E-state index contributed by atoms with van der Waals surface area (Å²) in [6.07, 6.45) is 0. The van der Waals surface area contributed by atoms with E-state index in [-0.39, 0.29) is 5.91 Å². The van der Waals surface area contributed by atoms with Gasteiger partial charge >= 0.3 is 0 Å². The van der Waals surface area contributed by atoms with E-state index in [4.69, 9.17) is 10.5 Å². The predicted molar refractivity (Wildman–Crippen MR) is 71.3 cm³/mol. The van der Waals surface area contributed by atoms with E-state index in [0.717, 1.165) is 17.7 Å². The number of hydrogen-bond acceptors (Lipinski definition) is 3. The Kier molecular flexibility index (Phi) is 3.87. The molecule has 0 atom stereocenters. The molecule has 0 spiro atoms. The SMILES string of the molecule is CC(C)COCCN1Cc2ccc(N)cc2C1=O. The topological polar surface area (TPSA) is 55.6 Å². The van der Waals surface area contributed by atoms with Crippen LogP contribution in [0.2, 0.25) is 0 Å². The Morgan fingerprint density at radius 1 is 1.44 bits per heavy atom. The van der Waals surface area contributed by atoms with Gasteiger partial charge in [-0.3, -0.25) is 4.79 Å². The van der Waals surface area contributed by atoms with Crippen molar-refractivity contribution in [2.45, 2.75) is 20.4 Å². The summed E-state index contributed by atoms with van der Waals surface area (Å²) in [5.41, 5.74) is 8.13. The minimum absolute atomic E-state index is 0.0606. The molecule has 1 heterocycles. The van der Waals surface area contributed by atoms with Gasteiger partial charge in [0.15, 0.2) is 0 Å². The summed E-state index contributed by atoms with van der Waals surface area (Å²) in [4.78, 5) is 13.9. The highest BCUT2D eigenvalue weighted by molar-refractivity contribution is 5.99. The summed E-state index contributed by atoms with van der Waals surface area (Å²) in [5, 5.41) is 0. The number of anilines is 1. The molecule has 0 fully saturated rings. The zero-order chi connectivity index (χ0) is 13.1. The lowest BCUT2D eigenvalue weighted by Crippen LogP contribution is -2.28. The fourth-order valence-electron chi connectivity index (χ4n) is 2.05. The van der Waals surface area contributed by atoms with Gasteiger partial charge in [-0.05, 0) is 23.6 Å². The molecular weight excluding hydrogens is 228 g/mol. The van der Waals surface area contributed by atoms with E-state index in [0.29, 0.717) is 31.3 Å². The molecule has 1 aromatic rings. The molecule has 98 valence electrons. The van der Waals surface area contributed by atoms with Crippen LogP contribution in [0.15, 0.2) is 18.2 Å². The molecule has 0 aromatic heterocycles. The largest absolute Gasteiger partial charge is 0.399 e. The first-order valence-electron chi connectivity index (χ1n) is 6.33. The number of carbonyl (C=O) groups is 1. The van der Waals surface area contributed by atoms with Gasteiger partial charge in [-0.2, -0.15) is 0 Å². The van der Waals surface area contributed by atoms with Crippen LogP contribution in [0.3, 0.4) is 0 Å². The smallest absolute Gasteiger partial charge is 0.254 e. The van der Waals surface area contributed by atoms with Crippen molar-refractivity contribution in [3.05, 3.63) is 29.3 Å². The van der Waals surface area contributed by atoms with Crippen molar-refractivity contribution < 1.29 is 9.53 Å². The summed E-state index contributed by atoms with van der Waals surface area (Å²) in [6.45, 7) is 6.86. The molecule has 1 amide bonds. The molecule has 1 aliphatic rings. The van der Waals surface area contributed by atoms with E-state index in [1.807, 2.05) is 17.0 Å². The minimum atomic E-state index is 0.0606. The minimum Gasteiger partial charge on any atom is -0.399 e. The third-order valence-electron chi connectivity index (χ3n) is 2.97. The maximum atomic E-state index is 12.1. The first-order chi connectivity index (χ1) is 8.58. The van der Waals surface area contributed by atoms with Crippen molar-refractivity contribution in [3.63, 3.8) is 0 Å². The lowest BCUT2D eigenvalue weighted by Gasteiger charge is -2.16. The number of nitrogens with two attached hydrogens (primary N) is 1. The Morgan fingerprint density at radius 3 is 2.94 bits per heavy atom. The summed E-state index contributed by atoms with van der Waals surface area (Å²) in [6, 6.07) is 5.52. The molecule has 0 aliphatic carbocycles. The second kappa shape index (κ2) is 5.40. The van der Waals surface area contributed by atoms with Crippen molar-refractivity contribution in [1.82, 2.24) is 4.90 Å². The zero-order valence-corrected chi connectivity index (χ0v) is 11.0. The Balaban J connectivity index is 1.89. The van der Waals surface area contributed by atoms with Gasteiger partial charge in [-0.1, -0.05) is 19.9 Å². The van der Waals surface area contributed by atoms with E-state index < -0.39 is 0 Å². The van der Waals surface area contributed by atoms with Crippen molar-refractivity contribution >= 4 is 11.6 Å². The third-order valence-corrected chi connectivity index (χ3v) is 2.97.